The number of hydrogen-bond donors (Lipinski definition) is 4. The van der Waals surface area contributed by atoms with E-state index in [4.69, 9.17) is 38.2 Å². The van der Waals surface area contributed by atoms with Crippen molar-refractivity contribution < 1.29 is 62.5 Å². The van der Waals surface area contributed by atoms with E-state index in [-0.39, 0.29) is 95.3 Å². The first kappa shape index (κ1) is 52.0. The third kappa shape index (κ3) is 12.4. The van der Waals surface area contributed by atoms with Gasteiger partial charge >= 0.3 is 6.09 Å². The number of likely N-dealkylation sites (tertiary alicyclic amines) is 1. The molecule has 1 saturated carbocycles. The number of carbonyl (C=O) groups excluding carboxylic acids is 4. The number of ether oxygens (including phenoxy) is 6. The summed E-state index contributed by atoms with van der Waals surface area (Å²) in [5, 5.41) is 19.0. The molecule has 6 aliphatic rings. The van der Waals surface area contributed by atoms with Crippen molar-refractivity contribution in [2.75, 3.05) is 59.3 Å². The number of β-amino-alcohol motifs (C(OH)–C–C–N with tert-alkyl or cyclic N) is 1. The molecule has 11 unspecified atom stereocenters. The lowest BCUT2D eigenvalue weighted by Gasteiger charge is -2.60. The summed E-state index contributed by atoms with van der Waals surface area (Å²) in [7, 11) is 0. The Bertz CT molecular complexity index is 2020. The highest BCUT2D eigenvalue weighted by Gasteiger charge is 2.69. The molecule has 2 aromatic rings. The molecule has 1 aromatic carbocycles. The van der Waals surface area contributed by atoms with E-state index in [1.807, 2.05) is 64.4 Å². The van der Waals surface area contributed by atoms with Crippen LogP contribution in [0.15, 0.2) is 29.8 Å². The second-order valence-corrected chi connectivity index (χ2v) is 21.2. The number of carbonyl (C=O) groups is 4. The maximum absolute atomic E-state index is 13.9. The number of fused-ring (bicyclic) bond motifs is 2. The Morgan fingerprint density at radius 3 is 2.37 bits per heavy atom. The average molecular weight is 972 g/mol. The molecule has 0 radical (unpaired) electrons. The van der Waals surface area contributed by atoms with Gasteiger partial charge in [0.2, 0.25) is 23.5 Å². The molecule has 5 saturated heterocycles. The molecule has 68 heavy (non-hydrogen) atoms. The molecule has 18 nitrogen and oxygen atoms in total. The fraction of sp³-hybridized carbons (Fsp3) is 0.735. The smallest absolute Gasteiger partial charge is 0.407 e. The van der Waals surface area contributed by atoms with E-state index < -0.39 is 53.3 Å². The summed E-state index contributed by atoms with van der Waals surface area (Å²) < 4.78 is 35.2. The van der Waals surface area contributed by atoms with Crippen LogP contribution in [0.3, 0.4) is 0 Å². The van der Waals surface area contributed by atoms with E-state index in [1.54, 1.807) is 11.3 Å². The van der Waals surface area contributed by atoms with E-state index in [9.17, 15) is 24.3 Å². The molecule has 11 atom stereocenters. The van der Waals surface area contributed by atoms with Gasteiger partial charge in [-0.25, -0.2) is 19.6 Å². The summed E-state index contributed by atoms with van der Waals surface area (Å²) in [4.78, 5) is 71.7. The lowest BCUT2D eigenvalue weighted by Crippen LogP contribution is -2.70. The first-order chi connectivity index (χ1) is 32.5. The molecule has 8 rings (SSSR count). The number of nitrogens with zero attached hydrogens (tertiary/aromatic N) is 2. The number of amides is 4. The van der Waals surface area contributed by atoms with Gasteiger partial charge in [0.15, 0.2) is 11.9 Å². The fourth-order valence-electron chi connectivity index (χ4n) is 10.6. The summed E-state index contributed by atoms with van der Waals surface area (Å²) in [6, 6.07) is 6.05. The molecule has 2 bridgehead atoms. The van der Waals surface area contributed by atoms with Gasteiger partial charge in [0.25, 0.3) is 0 Å². The Hall–Kier alpha value is -3.79. The van der Waals surface area contributed by atoms with E-state index in [2.05, 4.69) is 34.8 Å². The van der Waals surface area contributed by atoms with Crippen molar-refractivity contribution in [1.82, 2.24) is 25.8 Å². The number of rotatable bonds is 21. The van der Waals surface area contributed by atoms with Crippen LogP contribution in [-0.4, -0.2) is 140 Å². The minimum absolute atomic E-state index is 0.00954. The normalized spacial score (nSPS) is 30.3. The van der Waals surface area contributed by atoms with Crippen LogP contribution < -0.4 is 16.0 Å². The molecule has 378 valence electrons. The van der Waals surface area contributed by atoms with Crippen molar-refractivity contribution >= 4 is 35.2 Å². The summed E-state index contributed by atoms with van der Waals surface area (Å²) in [5.74, 6) is -0.803. The number of aliphatic hydroxyl groups is 1. The van der Waals surface area contributed by atoms with Crippen LogP contribution in [0, 0.1) is 36.0 Å². The predicted octanol–water partition coefficient (Wildman–Crippen LogP) is 5.03. The molecule has 6 heterocycles. The Morgan fingerprint density at radius 1 is 0.941 bits per heavy atom. The van der Waals surface area contributed by atoms with Crippen LogP contribution in [-0.2, 0) is 59.1 Å². The summed E-state index contributed by atoms with van der Waals surface area (Å²) >= 11 is 1.57. The van der Waals surface area contributed by atoms with Crippen molar-refractivity contribution in [1.29, 1.82) is 0 Å². The van der Waals surface area contributed by atoms with Crippen LogP contribution in [0.5, 0.6) is 0 Å². The first-order valence-electron chi connectivity index (χ1n) is 24.4. The van der Waals surface area contributed by atoms with Crippen LogP contribution in [0.25, 0.3) is 10.4 Å². The van der Waals surface area contributed by atoms with Crippen molar-refractivity contribution in [3.05, 3.63) is 41.0 Å². The third-order valence-corrected chi connectivity index (χ3v) is 15.4. The third-order valence-electron chi connectivity index (χ3n) is 14.4. The summed E-state index contributed by atoms with van der Waals surface area (Å²) in [6.07, 6.45) is 2.49. The van der Waals surface area contributed by atoms with Crippen LogP contribution >= 0.6 is 11.3 Å². The van der Waals surface area contributed by atoms with Crippen molar-refractivity contribution in [2.45, 2.75) is 142 Å². The SMILES string of the molecule is Cc1ncsc1-c1ccc(CNC(=O)C2CC(O)CN2C(=O)C(NC(=O)CCOCCOCCOCCNC(=O)OCCC2OC3OC4(C)CCC5C(C)CCC(C2C)C35OO4)C(C)(C)C)cc1. The number of aliphatic hydroxyl groups excluding tert-OH is 1. The Morgan fingerprint density at radius 2 is 1.66 bits per heavy atom. The maximum atomic E-state index is 13.9. The largest absolute Gasteiger partial charge is 0.449 e. The zero-order valence-electron chi connectivity index (χ0n) is 40.8. The molecule has 19 heteroatoms. The quantitative estimate of drug-likeness (QED) is 0.0955. The number of aromatic nitrogens is 1. The van der Waals surface area contributed by atoms with Gasteiger partial charge in [0.1, 0.15) is 12.1 Å². The molecular weight excluding hydrogens is 899 g/mol. The van der Waals surface area contributed by atoms with Gasteiger partial charge < -0.3 is 54.4 Å². The van der Waals surface area contributed by atoms with Gasteiger partial charge in [0.05, 0.1) is 74.5 Å². The highest BCUT2D eigenvalue weighted by molar-refractivity contribution is 7.13. The highest BCUT2D eigenvalue weighted by atomic mass is 32.1. The summed E-state index contributed by atoms with van der Waals surface area (Å²) in [6.45, 7) is 16.2. The summed E-state index contributed by atoms with van der Waals surface area (Å²) in [5.41, 5.74) is 3.42. The van der Waals surface area contributed by atoms with Crippen molar-refractivity contribution in [3.8, 4) is 10.4 Å². The van der Waals surface area contributed by atoms with Gasteiger partial charge in [-0.2, -0.15) is 0 Å². The topological polar surface area (TPSA) is 215 Å². The second-order valence-electron chi connectivity index (χ2n) is 20.3. The Labute approximate surface area is 404 Å². The van der Waals surface area contributed by atoms with Crippen LogP contribution in [0.2, 0.25) is 0 Å². The molecule has 1 aromatic heterocycles. The minimum Gasteiger partial charge on any atom is -0.449 e. The number of benzene rings is 1. The van der Waals surface area contributed by atoms with Gasteiger partial charge in [-0.1, -0.05) is 58.9 Å². The number of nitrogens with one attached hydrogen (secondary N) is 3. The first-order valence-corrected chi connectivity index (χ1v) is 25.3. The molecule has 6 fully saturated rings. The van der Waals surface area contributed by atoms with Gasteiger partial charge in [-0.3, -0.25) is 14.4 Å². The monoisotopic (exact) mass is 971 g/mol. The van der Waals surface area contributed by atoms with Crippen molar-refractivity contribution in [3.63, 3.8) is 0 Å². The highest BCUT2D eigenvalue weighted by Crippen LogP contribution is 2.60. The maximum Gasteiger partial charge on any atom is 0.407 e. The Balaban J connectivity index is 0.719. The number of hydrogen-bond acceptors (Lipinski definition) is 15. The van der Waals surface area contributed by atoms with Crippen LogP contribution in [0.4, 0.5) is 4.79 Å². The molecule has 1 spiro atoms. The fourth-order valence-corrected chi connectivity index (χ4v) is 11.4. The molecule has 4 amide bonds. The second kappa shape index (κ2) is 23.0. The zero-order valence-corrected chi connectivity index (χ0v) is 41.6. The number of thiazole rings is 1. The molecule has 1 aliphatic carbocycles. The zero-order chi connectivity index (χ0) is 48.6. The van der Waals surface area contributed by atoms with E-state index >= 15 is 0 Å². The lowest BCUT2D eigenvalue weighted by molar-refractivity contribution is -0.571. The van der Waals surface area contributed by atoms with Gasteiger partial charge in [-0.15, -0.1) is 11.3 Å². The van der Waals surface area contributed by atoms with E-state index in [0.717, 1.165) is 47.4 Å². The molecular formula is C49H73N5O13S. The van der Waals surface area contributed by atoms with Crippen molar-refractivity contribution in [2.24, 2.45) is 29.1 Å². The number of aryl methyl sites for hydroxylation is 1. The minimum atomic E-state index is -0.937. The predicted molar refractivity (Wildman–Crippen MR) is 250 cm³/mol. The molecule has 5 aliphatic heterocycles. The van der Waals surface area contributed by atoms with E-state index in [0.29, 0.717) is 31.5 Å². The van der Waals surface area contributed by atoms with Gasteiger partial charge in [0, 0.05) is 51.2 Å². The Kier molecular flexibility index (Phi) is 17.6. The molecule has 4 N–H and O–H groups in total. The number of alkyl carbamates (subject to hydrolysis) is 1. The lowest BCUT2D eigenvalue weighted by atomic mass is 9.57. The van der Waals surface area contributed by atoms with Gasteiger partial charge in [-0.05, 0) is 67.4 Å². The van der Waals surface area contributed by atoms with Crippen LogP contribution in [0.1, 0.15) is 97.7 Å². The van der Waals surface area contributed by atoms with E-state index in [1.165, 1.54) is 4.90 Å². The standard InChI is InChI=1S/C49H73N5O13S/c1-30-8-13-37-31(2)39(64-45-49(37)36(30)14-17-48(7,65-45)66-67-49)15-20-63-46(59)50-18-21-61-23-25-62-24-22-60-19-16-40(56)53-42(47(4,5)6)44(58)54-28-35(55)26-38(54)43(57)51-27-33-9-11-34(12-10-33)41-32(3)52-29-68-41/h9-12,29-31,35-39,42,45,55H,8,13-28H2,1-7H3,(H,50,59)(H,51,57)(H,53,56). The average Bonchev–Trinajstić information content (AvgIpc) is 3.84.